The number of carbonyl (C=O) groups is 1. The molecule has 0 amide bonds. The highest BCUT2D eigenvalue weighted by Gasteiger charge is 2.07. The van der Waals surface area contributed by atoms with E-state index in [1.807, 2.05) is 0 Å². The fourth-order valence-corrected chi connectivity index (χ4v) is 1.87. The molecule has 0 aromatic heterocycles. The van der Waals surface area contributed by atoms with Crippen molar-refractivity contribution in [3.63, 3.8) is 0 Å². The number of benzene rings is 2. The van der Waals surface area contributed by atoms with E-state index >= 15 is 0 Å². The zero-order valence-electron chi connectivity index (χ0n) is 10.6. The van der Waals surface area contributed by atoms with Crippen LogP contribution in [0.15, 0.2) is 48.5 Å². The van der Waals surface area contributed by atoms with E-state index < -0.39 is 5.82 Å². The quantitative estimate of drug-likeness (QED) is 0.868. The summed E-state index contributed by atoms with van der Waals surface area (Å²) in [5, 5.41) is 0. The maximum atomic E-state index is 13.7. The van der Waals surface area contributed by atoms with Gasteiger partial charge in [0, 0.05) is 16.8 Å². The molecule has 0 radical (unpaired) electrons. The first-order valence-corrected chi connectivity index (χ1v) is 6.06. The van der Waals surface area contributed by atoms with E-state index in [9.17, 15) is 13.6 Å². The minimum Gasteiger partial charge on any atom is -0.398 e. The molecule has 2 N–H and O–H groups in total. The van der Waals surface area contributed by atoms with Crippen molar-refractivity contribution in [2.45, 2.75) is 6.42 Å². The fraction of sp³-hybridized carbons (Fsp3) is 0.0625. The van der Waals surface area contributed by atoms with Crippen molar-refractivity contribution in [2.24, 2.45) is 5.73 Å². The highest BCUT2D eigenvalue weighted by molar-refractivity contribution is 5.77. The van der Waals surface area contributed by atoms with Gasteiger partial charge < -0.3 is 5.73 Å². The second-order valence-corrected chi connectivity index (χ2v) is 4.30. The Morgan fingerprint density at radius 2 is 1.80 bits per heavy atom. The van der Waals surface area contributed by atoms with E-state index in [1.165, 1.54) is 24.3 Å². The third-order valence-electron chi connectivity index (χ3n) is 2.99. The van der Waals surface area contributed by atoms with Gasteiger partial charge in [-0.05, 0) is 30.2 Å². The van der Waals surface area contributed by atoms with Gasteiger partial charge in [-0.2, -0.15) is 0 Å². The molecule has 2 nitrogen and oxygen atoms in total. The average Bonchev–Trinajstić information content (AvgIpc) is 2.46. The Balaban J connectivity index is 2.25. The lowest BCUT2D eigenvalue weighted by molar-refractivity contribution is 0.112. The van der Waals surface area contributed by atoms with Crippen molar-refractivity contribution in [1.82, 2.24) is 0 Å². The number of carbonyl (C=O) groups excluding carboxylic acids is 1. The molecule has 0 atom stereocenters. The van der Waals surface area contributed by atoms with E-state index in [1.54, 1.807) is 24.3 Å². The predicted octanol–water partition coefficient (Wildman–Crippen LogP) is 3.32. The lowest BCUT2D eigenvalue weighted by Crippen LogP contribution is -2.00. The summed E-state index contributed by atoms with van der Waals surface area (Å²) in [5.41, 5.74) is 7.52. The molecule has 0 aliphatic heterocycles. The van der Waals surface area contributed by atoms with Crippen molar-refractivity contribution in [3.8, 4) is 0 Å². The van der Waals surface area contributed by atoms with Crippen LogP contribution in [-0.2, 0) is 6.42 Å². The van der Waals surface area contributed by atoms with Crippen LogP contribution in [0.2, 0.25) is 0 Å². The number of halogens is 2. The predicted molar refractivity (Wildman–Crippen MR) is 74.1 cm³/mol. The Morgan fingerprint density at radius 3 is 2.45 bits per heavy atom. The van der Waals surface area contributed by atoms with Crippen LogP contribution in [0.1, 0.15) is 21.5 Å². The molecule has 0 heterocycles. The van der Waals surface area contributed by atoms with E-state index in [0.29, 0.717) is 28.7 Å². The molecule has 0 bridgehead atoms. The van der Waals surface area contributed by atoms with Crippen LogP contribution < -0.4 is 5.73 Å². The topological polar surface area (TPSA) is 43.1 Å². The largest absolute Gasteiger partial charge is 0.398 e. The summed E-state index contributed by atoms with van der Waals surface area (Å²) in [5.74, 6) is -0.795. The molecule has 0 aliphatic carbocycles. The highest BCUT2D eigenvalue weighted by Crippen LogP contribution is 2.16. The Bertz CT molecular complexity index is 648. The molecule has 0 unspecified atom stereocenters. The Hall–Kier alpha value is -2.49. The van der Waals surface area contributed by atoms with E-state index in [-0.39, 0.29) is 12.2 Å². The highest BCUT2D eigenvalue weighted by atomic mass is 19.1. The van der Waals surface area contributed by atoms with Gasteiger partial charge in [0.15, 0.2) is 0 Å². The molecule has 20 heavy (non-hydrogen) atoms. The van der Waals surface area contributed by atoms with Crippen molar-refractivity contribution in [2.75, 3.05) is 0 Å². The molecule has 0 spiro atoms. The molecule has 0 saturated carbocycles. The molecular formula is C16H13F2NO. The molecule has 2 rings (SSSR count). The van der Waals surface area contributed by atoms with E-state index in [4.69, 9.17) is 5.73 Å². The average molecular weight is 273 g/mol. The van der Waals surface area contributed by atoms with Crippen LogP contribution in [0.25, 0.3) is 5.70 Å². The first kappa shape index (κ1) is 13.9. The number of allylic oxidation sites excluding steroid dienone is 1. The van der Waals surface area contributed by atoms with Crippen molar-refractivity contribution < 1.29 is 13.6 Å². The lowest BCUT2D eigenvalue weighted by atomic mass is 10.0. The maximum absolute atomic E-state index is 13.7. The van der Waals surface area contributed by atoms with Crippen molar-refractivity contribution in [3.05, 3.63) is 76.9 Å². The van der Waals surface area contributed by atoms with Crippen LogP contribution in [0.4, 0.5) is 8.78 Å². The summed E-state index contributed by atoms with van der Waals surface area (Å²) in [4.78, 5) is 10.9. The van der Waals surface area contributed by atoms with Crippen LogP contribution in [-0.4, -0.2) is 6.29 Å². The second kappa shape index (κ2) is 6.10. The first-order valence-electron chi connectivity index (χ1n) is 6.06. The van der Waals surface area contributed by atoms with E-state index in [0.717, 1.165) is 0 Å². The van der Waals surface area contributed by atoms with Crippen molar-refractivity contribution in [1.29, 1.82) is 0 Å². The van der Waals surface area contributed by atoms with Gasteiger partial charge in [0.1, 0.15) is 17.9 Å². The molecule has 2 aromatic carbocycles. The molecule has 102 valence electrons. The second-order valence-electron chi connectivity index (χ2n) is 4.30. The molecular weight excluding hydrogens is 260 g/mol. The van der Waals surface area contributed by atoms with Gasteiger partial charge in [0.2, 0.25) is 0 Å². The molecule has 0 aliphatic rings. The summed E-state index contributed by atoms with van der Waals surface area (Å²) >= 11 is 0. The van der Waals surface area contributed by atoms with Gasteiger partial charge in [-0.25, -0.2) is 8.78 Å². The first-order chi connectivity index (χ1) is 9.61. The Kier molecular flexibility index (Phi) is 4.25. The van der Waals surface area contributed by atoms with Crippen molar-refractivity contribution >= 4 is 12.0 Å². The smallest absolute Gasteiger partial charge is 0.150 e. The van der Waals surface area contributed by atoms with Crippen LogP contribution in [0, 0.1) is 11.6 Å². The summed E-state index contributed by atoms with van der Waals surface area (Å²) in [6.45, 7) is 0. The molecule has 4 heteroatoms. The van der Waals surface area contributed by atoms with Gasteiger partial charge in [0.25, 0.3) is 0 Å². The summed E-state index contributed by atoms with van der Waals surface area (Å²) in [6, 6.07) is 10.0. The number of rotatable bonds is 4. The Morgan fingerprint density at radius 1 is 1.10 bits per heavy atom. The normalized spacial score (nSPS) is 11.4. The molecule has 0 fully saturated rings. The van der Waals surface area contributed by atoms with Gasteiger partial charge in [-0.3, -0.25) is 4.79 Å². The number of nitrogens with two attached hydrogens (primary N) is 1. The zero-order chi connectivity index (χ0) is 14.5. The fourth-order valence-electron chi connectivity index (χ4n) is 1.87. The molecule has 0 saturated heterocycles. The zero-order valence-corrected chi connectivity index (χ0v) is 10.6. The number of aldehydes is 1. The maximum Gasteiger partial charge on any atom is 0.150 e. The minimum absolute atomic E-state index is 0.198. The standard InChI is InChI=1S/C16H13F2NO/c17-13-6-4-11(5-7-13)16(19)9-8-14-12(10-20)2-1-3-15(14)18/h1-7,9-10H,8,19H2/b16-9-. The number of hydrogen-bond acceptors (Lipinski definition) is 2. The summed E-state index contributed by atoms with van der Waals surface area (Å²) in [6.07, 6.45) is 2.42. The number of hydrogen-bond donors (Lipinski definition) is 1. The third kappa shape index (κ3) is 3.09. The lowest BCUT2D eigenvalue weighted by Gasteiger charge is -2.05. The Labute approximate surface area is 115 Å². The van der Waals surface area contributed by atoms with Crippen LogP contribution >= 0.6 is 0 Å². The summed E-state index contributed by atoms with van der Waals surface area (Å²) < 4.78 is 26.5. The SMILES string of the molecule is N/C(=C\Cc1c(F)cccc1C=O)c1ccc(F)cc1. The van der Waals surface area contributed by atoms with E-state index in [2.05, 4.69) is 0 Å². The van der Waals surface area contributed by atoms with Gasteiger partial charge in [-0.15, -0.1) is 0 Å². The van der Waals surface area contributed by atoms with Gasteiger partial charge in [-0.1, -0.05) is 30.3 Å². The van der Waals surface area contributed by atoms with Gasteiger partial charge in [0.05, 0.1) is 0 Å². The van der Waals surface area contributed by atoms with Gasteiger partial charge >= 0.3 is 0 Å². The monoisotopic (exact) mass is 273 g/mol. The van der Waals surface area contributed by atoms with Crippen LogP contribution in [0.5, 0.6) is 0 Å². The molecule has 2 aromatic rings. The summed E-state index contributed by atoms with van der Waals surface area (Å²) in [7, 11) is 0. The minimum atomic E-state index is -0.447. The third-order valence-corrected chi connectivity index (χ3v) is 2.99. The van der Waals surface area contributed by atoms with Crippen LogP contribution in [0.3, 0.4) is 0 Å².